The lowest BCUT2D eigenvalue weighted by molar-refractivity contribution is 0.369. The summed E-state index contributed by atoms with van der Waals surface area (Å²) in [5, 5.41) is 0.916. The molecule has 1 aliphatic rings. The molecule has 1 saturated heterocycles. The van der Waals surface area contributed by atoms with Gasteiger partial charge in [-0.2, -0.15) is 4.37 Å². The Balaban J connectivity index is 1.91. The molecule has 0 unspecified atom stereocenters. The Hall–Kier alpha value is -0.730. The van der Waals surface area contributed by atoms with E-state index in [-0.39, 0.29) is 11.2 Å². The summed E-state index contributed by atoms with van der Waals surface area (Å²) in [5.41, 5.74) is 0.180. The van der Waals surface area contributed by atoms with E-state index >= 15 is 0 Å². The van der Waals surface area contributed by atoms with Crippen molar-refractivity contribution in [1.29, 1.82) is 0 Å². The maximum Gasteiger partial charge on any atom is 0.214 e. The van der Waals surface area contributed by atoms with Crippen LogP contribution >= 0.6 is 11.5 Å². The van der Waals surface area contributed by atoms with Crippen molar-refractivity contribution in [2.45, 2.75) is 53.4 Å². The van der Waals surface area contributed by atoms with E-state index in [9.17, 15) is 8.42 Å². The second-order valence-electron chi connectivity index (χ2n) is 7.57. The zero-order valence-corrected chi connectivity index (χ0v) is 16.9. The molecule has 1 fully saturated rings. The summed E-state index contributed by atoms with van der Waals surface area (Å²) >= 11 is 1.41. The number of aromatic nitrogens is 2. The van der Waals surface area contributed by atoms with E-state index in [4.69, 9.17) is 0 Å². The maximum atomic E-state index is 12.6. The summed E-state index contributed by atoms with van der Waals surface area (Å²) in [6, 6.07) is 0. The SMILES string of the molecule is CCc1nsc(N2CCCN(S(=O)(=O)CCCC(C)(C)C)CC2)n1. The second-order valence-corrected chi connectivity index (χ2v) is 10.4. The highest BCUT2D eigenvalue weighted by Gasteiger charge is 2.26. The van der Waals surface area contributed by atoms with Gasteiger partial charge in [0.05, 0.1) is 5.75 Å². The van der Waals surface area contributed by atoms with E-state index in [2.05, 4.69) is 35.0 Å². The third-order valence-corrected chi connectivity index (χ3v) is 6.99. The van der Waals surface area contributed by atoms with Crippen LogP contribution < -0.4 is 4.90 Å². The Morgan fingerprint density at radius 1 is 1.17 bits per heavy atom. The molecule has 1 aromatic heterocycles. The van der Waals surface area contributed by atoms with E-state index in [0.717, 1.165) is 43.2 Å². The molecule has 0 amide bonds. The van der Waals surface area contributed by atoms with E-state index in [1.54, 1.807) is 4.31 Å². The molecule has 0 saturated carbocycles. The van der Waals surface area contributed by atoms with Gasteiger partial charge in [0.25, 0.3) is 0 Å². The Morgan fingerprint density at radius 2 is 1.92 bits per heavy atom. The van der Waals surface area contributed by atoms with Crippen LogP contribution in [0.3, 0.4) is 0 Å². The number of hydrogen-bond donors (Lipinski definition) is 0. The average molecular weight is 375 g/mol. The largest absolute Gasteiger partial charge is 0.345 e. The van der Waals surface area contributed by atoms with Crippen LogP contribution in [-0.4, -0.2) is 54.0 Å². The van der Waals surface area contributed by atoms with Crippen molar-refractivity contribution in [2.24, 2.45) is 5.41 Å². The zero-order valence-electron chi connectivity index (χ0n) is 15.3. The lowest BCUT2D eigenvalue weighted by atomic mass is 9.91. The minimum atomic E-state index is -3.16. The predicted octanol–water partition coefficient (Wildman–Crippen LogP) is 2.77. The second kappa shape index (κ2) is 8.10. The lowest BCUT2D eigenvalue weighted by Crippen LogP contribution is -2.36. The van der Waals surface area contributed by atoms with Crippen molar-refractivity contribution in [3.05, 3.63) is 5.82 Å². The summed E-state index contributed by atoms with van der Waals surface area (Å²) in [6.45, 7) is 11.2. The first kappa shape index (κ1) is 19.6. The molecule has 24 heavy (non-hydrogen) atoms. The van der Waals surface area contributed by atoms with E-state index in [1.165, 1.54) is 11.5 Å². The molecule has 0 atom stereocenters. The van der Waals surface area contributed by atoms with Gasteiger partial charge >= 0.3 is 0 Å². The molecule has 6 nitrogen and oxygen atoms in total. The van der Waals surface area contributed by atoms with Crippen LogP contribution in [0.2, 0.25) is 0 Å². The third kappa shape index (κ3) is 5.67. The van der Waals surface area contributed by atoms with Gasteiger partial charge in [-0.05, 0) is 24.7 Å². The Bertz CT molecular complexity index is 622. The molecule has 0 N–H and O–H groups in total. The molecule has 0 aliphatic carbocycles. The van der Waals surface area contributed by atoms with E-state index in [0.29, 0.717) is 19.6 Å². The summed E-state index contributed by atoms with van der Waals surface area (Å²) in [6.07, 6.45) is 3.32. The number of hydrogen-bond acceptors (Lipinski definition) is 6. The molecule has 1 aliphatic heterocycles. The van der Waals surface area contributed by atoms with Crippen LogP contribution in [0.25, 0.3) is 0 Å². The molecule has 138 valence electrons. The van der Waals surface area contributed by atoms with Gasteiger partial charge in [0, 0.05) is 44.1 Å². The first-order valence-electron chi connectivity index (χ1n) is 8.76. The number of nitrogens with zero attached hydrogens (tertiary/aromatic N) is 4. The molecule has 0 bridgehead atoms. The fourth-order valence-corrected chi connectivity index (χ4v) is 5.13. The normalized spacial score (nSPS) is 17.9. The molecular formula is C16H30N4O2S2. The molecule has 0 aromatic carbocycles. The molecular weight excluding hydrogens is 344 g/mol. The Labute approximate surface area is 150 Å². The fourth-order valence-electron chi connectivity index (χ4n) is 2.79. The number of aryl methyl sites for hydroxylation is 1. The highest BCUT2D eigenvalue weighted by atomic mass is 32.2. The zero-order chi connectivity index (χ0) is 17.8. The standard InChI is InChI=1S/C16H30N4O2S2/c1-5-14-17-15(23-18-14)19-9-7-10-20(12-11-19)24(21,22)13-6-8-16(2,3)4/h5-13H2,1-4H3. The van der Waals surface area contributed by atoms with Gasteiger partial charge < -0.3 is 4.90 Å². The van der Waals surface area contributed by atoms with Gasteiger partial charge in [0.1, 0.15) is 5.82 Å². The molecule has 2 rings (SSSR count). The van der Waals surface area contributed by atoms with Crippen LogP contribution in [0.5, 0.6) is 0 Å². The number of sulfonamides is 1. The van der Waals surface area contributed by atoms with Gasteiger partial charge in [0.15, 0.2) is 0 Å². The minimum absolute atomic E-state index is 0.180. The van der Waals surface area contributed by atoms with Crippen molar-refractivity contribution in [1.82, 2.24) is 13.7 Å². The van der Waals surface area contributed by atoms with Crippen molar-refractivity contribution in [3.8, 4) is 0 Å². The summed E-state index contributed by atoms with van der Waals surface area (Å²) in [4.78, 5) is 6.69. The first-order chi connectivity index (χ1) is 11.2. The summed E-state index contributed by atoms with van der Waals surface area (Å²) < 4.78 is 31.2. The molecule has 1 aromatic rings. The number of rotatable bonds is 6. The smallest absolute Gasteiger partial charge is 0.214 e. The number of anilines is 1. The Morgan fingerprint density at radius 3 is 2.54 bits per heavy atom. The van der Waals surface area contributed by atoms with Gasteiger partial charge in [-0.1, -0.05) is 27.7 Å². The first-order valence-corrected chi connectivity index (χ1v) is 11.1. The van der Waals surface area contributed by atoms with E-state index < -0.39 is 10.0 Å². The van der Waals surface area contributed by atoms with Gasteiger partial charge in [-0.3, -0.25) is 0 Å². The highest BCUT2D eigenvalue weighted by molar-refractivity contribution is 7.89. The fraction of sp³-hybridized carbons (Fsp3) is 0.875. The van der Waals surface area contributed by atoms with Gasteiger partial charge in [-0.15, -0.1) is 0 Å². The highest BCUT2D eigenvalue weighted by Crippen LogP contribution is 2.23. The van der Waals surface area contributed by atoms with Gasteiger partial charge in [-0.25, -0.2) is 17.7 Å². The van der Waals surface area contributed by atoms with Crippen LogP contribution in [-0.2, 0) is 16.4 Å². The Kier molecular flexibility index (Phi) is 6.61. The van der Waals surface area contributed by atoms with Crippen molar-refractivity contribution in [2.75, 3.05) is 36.8 Å². The molecule has 2 heterocycles. The van der Waals surface area contributed by atoms with Crippen LogP contribution in [0.1, 0.15) is 52.8 Å². The van der Waals surface area contributed by atoms with Crippen molar-refractivity contribution in [3.63, 3.8) is 0 Å². The van der Waals surface area contributed by atoms with Crippen LogP contribution in [0, 0.1) is 5.41 Å². The predicted molar refractivity (Wildman–Crippen MR) is 100 cm³/mol. The third-order valence-electron chi connectivity index (χ3n) is 4.22. The van der Waals surface area contributed by atoms with Crippen molar-refractivity contribution < 1.29 is 8.42 Å². The topological polar surface area (TPSA) is 66.4 Å². The molecule has 0 spiro atoms. The average Bonchev–Trinajstić information content (AvgIpc) is 2.81. The van der Waals surface area contributed by atoms with Crippen LogP contribution in [0.4, 0.5) is 5.13 Å². The van der Waals surface area contributed by atoms with Crippen LogP contribution in [0.15, 0.2) is 0 Å². The molecule has 0 radical (unpaired) electrons. The van der Waals surface area contributed by atoms with E-state index in [1.807, 2.05) is 6.92 Å². The lowest BCUT2D eigenvalue weighted by Gasteiger charge is -2.22. The summed E-state index contributed by atoms with van der Waals surface area (Å²) in [7, 11) is -3.16. The minimum Gasteiger partial charge on any atom is -0.345 e. The van der Waals surface area contributed by atoms with Gasteiger partial charge in [0.2, 0.25) is 15.2 Å². The monoisotopic (exact) mass is 374 g/mol. The summed E-state index contributed by atoms with van der Waals surface area (Å²) in [5.74, 6) is 1.12. The quantitative estimate of drug-likeness (QED) is 0.766. The van der Waals surface area contributed by atoms with Crippen molar-refractivity contribution >= 4 is 26.7 Å². The maximum absolute atomic E-state index is 12.6. The molecule has 8 heteroatoms.